The van der Waals surface area contributed by atoms with Crippen molar-refractivity contribution in [2.45, 2.75) is 58.3 Å². The lowest BCUT2D eigenvalue weighted by Gasteiger charge is -2.48. The minimum absolute atomic E-state index is 0.311. The van der Waals surface area contributed by atoms with Gasteiger partial charge < -0.3 is 0 Å². The fourth-order valence-corrected chi connectivity index (χ4v) is 2.85. The molecule has 1 fully saturated rings. The molecular weight excluding hydrogens is 184 g/mol. The van der Waals surface area contributed by atoms with Gasteiger partial charge in [-0.1, -0.05) is 12.2 Å². The van der Waals surface area contributed by atoms with Crippen molar-refractivity contribution in [2.75, 3.05) is 13.1 Å². The summed E-state index contributed by atoms with van der Waals surface area (Å²) in [5, 5.41) is 0. The summed E-state index contributed by atoms with van der Waals surface area (Å²) in [7, 11) is 0. The van der Waals surface area contributed by atoms with Gasteiger partial charge >= 0.3 is 0 Å². The highest BCUT2D eigenvalue weighted by Crippen LogP contribution is 2.29. The minimum atomic E-state index is 0.311. The molecule has 2 nitrogen and oxygen atoms in total. The van der Waals surface area contributed by atoms with E-state index in [4.69, 9.17) is 0 Å². The van der Waals surface area contributed by atoms with E-state index >= 15 is 0 Å². The Labute approximate surface area is 93.9 Å². The average Bonchev–Trinajstić information content (AvgIpc) is 2.35. The van der Waals surface area contributed by atoms with Crippen LogP contribution in [0.4, 0.5) is 0 Å². The first kappa shape index (κ1) is 11.2. The number of piperazine rings is 1. The number of rotatable bonds is 1. The van der Waals surface area contributed by atoms with Crippen molar-refractivity contribution in [1.29, 1.82) is 0 Å². The molecular formula is C13H24N2. The summed E-state index contributed by atoms with van der Waals surface area (Å²) in [5.41, 5.74) is 0.311. The third kappa shape index (κ3) is 1.98. The SMILES string of the molecule is CC(C)N1C2C=CC1CN(C(C)(C)C)C2. The lowest BCUT2D eigenvalue weighted by Crippen LogP contribution is -2.60. The minimum Gasteiger partial charge on any atom is -0.295 e. The van der Waals surface area contributed by atoms with Crippen LogP contribution < -0.4 is 0 Å². The number of fused-ring (bicyclic) bond motifs is 2. The smallest absolute Gasteiger partial charge is 0.0415 e. The van der Waals surface area contributed by atoms with Crippen LogP contribution in [0.5, 0.6) is 0 Å². The van der Waals surface area contributed by atoms with E-state index in [2.05, 4.69) is 56.6 Å². The summed E-state index contributed by atoms with van der Waals surface area (Å²) < 4.78 is 0. The summed E-state index contributed by atoms with van der Waals surface area (Å²) in [6.07, 6.45) is 4.80. The van der Waals surface area contributed by atoms with E-state index in [0.29, 0.717) is 23.7 Å². The second-order valence-corrected chi connectivity index (χ2v) is 6.14. The fourth-order valence-electron chi connectivity index (χ4n) is 2.85. The summed E-state index contributed by atoms with van der Waals surface area (Å²) in [4.78, 5) is 5.25. The molecule has 0 saturated carbocycles. The molecule has 2 bridgehead atoms. The molecule has 0 spiro atoms. The number of hydrogen-bond acceptors (Lipinski definition) is 2. The van der Waals surface area contributed by atoms with Gasteiger partial charge in [-0.3, -0.25) is 9.80 Å². The van der Waals surface area contributed by atoms with Crippen molar-refractivity contribution in [3.05, 3.63) is 12.2 Å². The van der Waals surface area contributed by atoms with Gasteiger partial charge in [-0.2, -0.15) is 0 Å². The van der Waals surface area contributed by atoms with Gasteiger partial charge in [-0.25, -0.2) is 0 Å². The summed E-state index contributed by atoms with van der Waals surface area (Å²) in [6.45, 7) is 13.9. The highest BCUT2D eigenvalue weighted by Gasteiger charge is 2.40. The molecule has 1 saturated heterocycles. The van der Waals surface area contributed by atoms with E-state index in [1.165, 1.54) is 13.1 Å². The van der Waals surface area contributed by atoms with Crippen LogP contribution in [0.1, 0.15) is 34.6 Å². The maximum atomic E-state index is 2.64. The molecule has 0 N–H and O–H groups in total. The van der Waals surface area contributed by atoms with Crippen LogP contribution >= 0.6 is 0 Å². The maximum Gasteiger partial charge on any atom is 0.0415 e. The molecule has 0 aromatic carbocycles. The predicted molar refractivity (Wildman–Crippen MR) is 65.0 cm³/mol. The second kappa shape index (κ2) is 3.60. The highest BCUT2D eigenvalue weighted by atomic mass is 15.3. The van der Waals surface area contributed by atoms with Gasteiger partial charge in [0.05, 0.1) is 0 Å². The van der Waals surface area contributed by atoms with E-state index in [0.717, 1.165) is 0 Å². The number of nitrogens with zero attached hydrogens (tertiary/aromatic N) is 2. The van der Waals surface area contributed by atoms with E-state index in [1.807, 2.05) is 0 Å². The summed E-state index contributed by atoms with van der Waals surface area (Å²) >= 11 is 0. The third-order valence-corrected chi connectivity index (χ3v) is 3.68. The molecule has 0 radical (unpaired) electrons. The van der Waals surface area contributed by atoms with Gasteiger partial charge in [0.2, 0.25) is 0 Å². The van der Waals surface area contributed by atoms with Crippen molar-refractivity contribution in [3.63, 3.8) is 0 Å². The van der Waals surface area contributed by atoms with Gasteiger partial charge in [0, 0.05) is 36.8 Å². The monoisotopic (exact) mass is 208 g/mol. The van der Waals surface area contributed by atoms with E-state index in [-0.39, 0.29) is 0 Å². The van der Waals surface area contributed by atoms with Gasteiger partial charge in [0.1, 0.15) is 0 Å². The molecule has 2 heteroatoms. The van der Waals surface area contributed by atoms with Gasteiger partial charge in [0.15, 0.2) is 0 Å². The lowest BCUT2D eigenvalue weighted by atomic mass is 10.0. The van der Waals surface area contributed by atoms with Gasteiger partial charge in [-0.05, 0) is 34.6 Å². The molecule has 86 valence electrons. The Kier molecular flexibility index (Phi) is 2.68. The normalized spacial score (nSPS) is 32.9. The van der Waals surface area contributed by atoms with Crippen molar-refractivity contribution >= 4 is 0 Å². The van der Waals surface area contributed by atoms with Crippen molar-refractivity contribution < 1.29 is 0 Å². The molecule has 0 aliphatic carbocycles. The quantitative estimate of drug-likeness (QED) is 0.609. The fraction of sp³-hybridized carbons (Fsp3) is 0.846. The Hall–Kier alpha value is -0.340. The van der Waals surface area contributed by atoms with Crippen LogP contribution in [-0.2, 0) is 0 Å². The largest absolute Gasteiger partial charge is 0.295 e. The van der Waals surface area contributed by atoms with Crippen molar-refractivity contribution in [1.82, 2.24) is 9.80 Å². The zero-order valence-electron chi connectivity index (χ0n) is 10.7. The van der Waals surface area contributed by atoms with Crippen LogP contribution in [-0.4, -0.2) is 46.6 Å². The molecule has 2 aliphatic heterocycles. The van der Waals surface area contributed by atoms with Crippen molar-refractivity contribution in [3.8, 4) is 0 Å². The lowest BCUT2D eigenvalue weighted by molar-refractivity contribution is 0.00906. The zero-order valence-corrected chi connectivity index (χ0v) is 10.7. The molecule has 2 heterocycles. The average molecular weight is 208 g/mol. The molecule has 15 heavy (non-hydrogen) atoms. The van der Waals surface area contributed by atoms with Gasteiger partial charge in [0.25, 0.3) is 0 Å². The second-order valence-electron chi connectivity index (χ2n) is 6.14. The first-order chi connectivity index (χ1) is 6.89. The van der Waals surface area contributed by atoms with Crippen LogP contribution in [0.3, 0.4) is 0 Å². The summed E-state index contributed by atoms with van der Waals surface area (Å²) in [5.74, 6) is 0. The Morgan fingerprint density at radius 2 is 1.53 bits per heavy atom. The zero-order chi connectivity index (χ0) is 11.2. The Balaban J connectivity index is 2.10. The van der Waals surface area contributed by atoms with E-state index < -0.39 is 0 Å². The van der Waals surface area contributed by atoms with Crippen LogP contribution in [0, 0.1) is 0 Å². The number of hydrogen-bond donors (Lipinski definition) is 0. The first-order valence-corrected chi connectivity index (χ1v) is 6.10. The topological polar surface area (TPSA) is 6.48 Å². The highest BCUT2D eigenvalue weighted by molar-refractivity contribution is 5.16. The Morgan fingerprint density at radius 3 is 1.87 bits per heavy atom. The van der Waals surface area contributed by atoms with Crippen molar-refractivity contribution in [2.24, 2.45) is 0 Å². The predicted octanol–water partition coefficient (Wildman–Crippen LogP) is 2.12. The molecule has 2 rings (SSSR count). The van der Waals surface area contributed by atoms with Gasteiger partial charge in [-0.15, -0.1) is 0 Å². The van der Waals surface area contributed by atoms with E-state index in [1.54, 1.807) is 0 Å². The standard InChI is InChI=1S/C13H24N2/c1-10(2)15-11-6-7-12(15)9-14(8-11)13(3,4)5/h6-7,10-12H,8-9H2,1-5H3. The van der Waals surface area contributed by atoms with Crippen LogP contribution in [0.2, 0.25) is 0 Å². The molecule has 0 amide bonds. The first-order valence-electron chi connectivity index (χ1n) is 6.10. The molecule has 2 aliphatic rings. The Morgan fingerprint density at radius 1 is 1.07 bits per heavy atom. The molecule has 2 unspecified atom stereocenters. The molecule has 0 aromatic rings. The molecule has 0 aromatic heterocycles. The maximum absolute atomic E-state index is 2.64. The van der Waals surface area contributed by atoms with E-state index in [9.17, 15) is 0 Å². The van der Waals surface area contributed by atoms with Crippen LogP contribution in [0.15, 0.2) is 12.2 Å². The third-order valence-electron chi connectivity index (χ3n) is 3.68. The summed E-state index contributed by atoms with van der Waals surface area (Å²) in [6, 6.07) is 1.95. The Bertz CT molecular complexity index is 246. The van der Waals surface area contributed by atoms with Crippen LogP contribution in [0.25, 0.3) is 0 Å². The molecule has 2 atom stereocenters.